The molecule has 0 atom stereocenters. The molecule has 0 saturated heterocycles. The van der Waals surface area contributed by atoms with Crippen LogP contribution in [0.3, 0.4) is 0 Å². The minimum absolute atomic E-state index is 0.0565. The van der Waals surface area contributed by atoms with Gasteiger partial charge in [0.15, 0.2) is 11.6 Å². The molecule has 0 fully saturated rings. The number of fused-ring (bicyclic) bond motifs is 15. The van der Waals surface area contributed by atoms with Crippen LogP contribution >= 0.6 is 90.7 Å². The topological polar surface area (TPSA) is 129 Å². The molecule has 0 radical (unpaired) electrons. The lowest BCUT2D eigenvalue weighted by atomic mass is 9.67. The number of carbonyl (C=O) groups excluding carboxylic acids is 2. The lowest BCUT2D eigenvalue weighted by Gasteiger charge is -2.34. The van der Waals surface area contributed by atoms with Gasteiger partial charge in [0.05, 0.1) is 49.1 Å². The predicted octanol–water partition coefficient (Wildman–Crippen LogP) is 27.0. The maximum Gasteiger partial charge on any atom is 0.195 e. The summed E-state index contributed by atoms with van der Waals surface area (Å²) in [6, 6.07) is 51.8. The summed E-state index contributed by atoms with van der Waals surface area (Å²) in [5.41, 5.74) is 17.7. The van der Waals surface area contributed by atoms with E-state index in [-0.39, 0.29) is 22.7 Å². The lowest BCUT2D eigenvalue weighted by molar-refractivity contribution is 0.103. The van der Waals surface area contributed by atoms with Crippen molar-refractivity contribution in [2.24, 2.45) is 0 Å². The number of rotatable bonds is 26. The molecule has 0 spiro atoms. The monoisotopic (exact) mass is 1500 g/mol. The Morgan fingerprint density at radius 2 is 0.644 bits per heavy atom. The second kappa shape index (κ2) is 29.5. The number of ketones is 2. The number of Topliss-reactive ketones (excluding diaryl/α,β-unsaturated/α-hetero) is 2. The van der Waals surface area contributed by atoms with Gasteiger partial charge >= 0.3 is 0 Å². The molecule has 0 amide bonds. The average Bonchev–Trinajstić information content (AvgIpc) is 1.48. The van der Waals surface area contributed by atoms with Crippen LogP contribution in [-0.2, 0) is 36.5 Å². The van der Waals surface area contributed by atoms with Gasteiger partial charge in [-0.05, 0) is 131 Å². The Morgan fingerprint density at radius 1 is 0.356 bits per heavy atom. The fraction of sp³-hybridized carbons (Fsp3) is 0.289. The zero-order valence-corrected chi connectivity index (χ0v) is 65.4. The third kappa shape index (κ3) is 11.5. The van der Waals surface area contributed by atoms with E-state index in [2.05, 4.69) is 161 Å². The van der Waals surface area contributed by atoms with Crippen molar-refractivity contribution in [3.05, 3.63) is 252 Å². The van der Waals surface area contributed by atoms with Gasteiger partial charge in [-0.1, -0.05) is 202 Å². The van der Waals surface area contributed by atoms with Crippen LogP contribution in [0.25, 0.3) is 71.0 Å². The van der Waals surface area contributed by atoms with Crippen molar-refractivity contribution in [3.63, 3.8) is 0 Å². The first-order valence-corrected chi connectivity index (χ1v) is 43.7. The molecule has 0 saturated carbocycles. The number of nitriles is 4. The van der Waals surface area contributed by atoms with Gasteiger partial charge in [-0.2, -0.15) is 43.7 Å². The minimum atomic E-state index is -0.795. The molecular formula is C90H76N4O2S8. The van der Waals surface area contributed by atoms with Crippen LogP contribution in [0, 0.1) is 45.3 Å². The zero-order chi connectivity index (χ0) is 71.4. The fourth-order valence-electron chi connectivity index (χ4n) is 16.9. The first-order chi connectivity index (χ1) is 51.1. The van der Waals surface area contributed by atoms with Crippen LogP contribution in [0.5, 0.6) is 0 Å². The number of hydrogen-bond acceptors (Lipinski definition) is 14. The maximum atomic E-state index is 14.5. The third-order valence-electron chi connectivity index (χ3n) is 21.9. The van der Waals surface area contributed by atoms with Crippen LogP contribution in [0.4, 0.5) is 0 Å². The molecule has 0 bridgehead atoms. The van der Waals surface area contributed by atoms with E-state index in [9.17, 15) is 30.6 Å². The van der Waals surface area contributed by atoms with Crippen molar-refractivity contribution in [3.8, 4) is 43.8 Å². The van der Waals surface area contributed by atoms with Gasteiger partial charge in [0.25, 0.3) is 0 Å². The van der Waals surface area contributed by atoms with Gasteiger partial charge in [-0.25, -0.2) is 0 Å². The number of aryl methyl sites for hydroxylation is 4. The highest BCUT2D eigenvalue weighted by Crippen LogP contribution is 2.72. The van der Waals surface area contributed by atoms with Crippen molar-refractivity contribution < 1.29 is 9.59 Å². The summed E-state index contributed by atoms with van der Waals surface area (Å²) in [6.07, 6.45) is 26.9. The molecule has 16 rings (SSSR count). The molecule has 8 aromatic heterocycles. The molecule has 8 heterocycles. The molecule has 0 aliphatic heterocycles. The van der Waals surface area contributed by atoms with Crippen molar-refractivity contribution >= 4 is 154 Å². The van der Waals surface area contributed by atoms with Crippen molar-refractivity contribution in [1.82, 2.24) is 0 Å². The fourth-order valence-corrected chi connectivity index (χ4v) is 27.3. The molecule has 4 aromatic carbocycles. The summed E-state index contributed by atoms with van der Waals surface area (Å²) in [5, 5.41) is 48.9. The third-order valence-corrected chi connectivity index (χ3v) is 31.0. The Hall–Kier alpha value is -8.48. The van der Waals surface area contributed by atoms with Crippen LogP contribution in [0.2, 0.25) is 0 Å². The Kier molecular flexibility index (Phi) is 19.8. The Bertz CT molecular complexity index is 5210. The smallest absolute Gasteiger partial charge is 0.195 e. The molecule has 14 heteroatoms. The molecule has 0 unspecified atom stereocenters. The number of nitrogens with zero attached hydrogens (tertiary/aromatic N) is 4. The first-order valence-electron chi connectivity index (χ1n) is 36.9. The van der Waals surface area contributed by atoms with Crippen LogP contribution < -0.4 is 0 Å². The van der Waals surface area contributed by atoms with Crippen molar-refractivity contribution in [2.45, 2.75) is 167 Å². The van der Waals surface area contributed by atoms with Gasteiger partial charge in [-0.15, -0.1) is 68.0 Å². The number of benzene rings is 4. The minimum Gasteiger partial charge on any atom is -0.289 e. The molecular weight excluding hydrogens is 1430 g/mol. The van der Waals surface area contributed by atoms with E-state index in [1.54, 1.807) is 22.7 Å². The summed E-state index contributed by atoms with van der Waals surface area (Å²) < 4.78 is 7.21. The second-order valence-electron chi connectivity index (χ2n) is 28.2. The van der Waals surface area contributed by atoms with Crippen molar-refractivity contribution in [2.75, 3.05) is 0 Å². The molecule has 104 heavy (non-hydrogen) atoms. The molecule has 4 aliphatic rings. The highest BCUT2D eigenvalue weighted by Gasteiger charge is 2.56. The molecule has 516 valence electrons. The Morgan fingerprint density at radius 3 is 0.942 bits per heavy atom. The maximum absolute atomic E-state index is 14.5. The number of allylic oxidation sites excluding steroid dienone is 6. The first kappa shape index (κ1) is 69.9. The molecule has 0 N–H and O–H groups in total. The van der Waals surface area contributed by atoms with Crippen LogP contribution in [0.1, 0.15) is 239 Å². The van der Waals surface area contributed by atoms with E-state index < -0.39 is 10.8 Å². The van der Waals surface area contributed by atoms with Crippen molar-refractivity contribution in [1.29, 1.82) is 21.0 Å². The second-order valence-corrected chi connectivity index (χ2v) is 36.0. The number of thiophene rings is 8. The zero-order valence-electron chi connectivity index (χ0n) is 58.9. The summed E-state index contributed by atoms with van der Waals surface area (Å²) in [4.78, 5) is 35.9. The van der Waals surface area contributed by atoms with E-state index in [0.717, 1.165) is 70.5 Å². The molecule has 12 aromatic rings. The standard InChI is InChI=1S/C90H76N4O2S8/c1-5-9-13-17-21-53-25-33-59(34-26-53)89(60-35-27-54(28-36-60)22-18-14-10-6-2)75-81-71(43-63(99-81)41-65-73(57(45-91)46-92)67-49-97-51-69(67)79(65)95)101-83(75)85-77(89)87-88(103-85)78-86(104-87)84-76(82-72(102-84)44-64(100-82)42-66-74(58(47-93)48-94)68-50-98-52-70(68)80(66)96)90(78,61-37-29-55(30-38-61)23-19-15-11-7-3)62-39-31-56(32-40-62)24-20-16-12-8-4/h25-44,49-52H,5-24H2,1-4H3/b65-41-,66-42-. The van der Waals surface area contributed by atoms with E-state index in [0.29, 0.717) is 44.5 Å². The van der Waals surface area contributed by atoms with E-state index in [1.165, 1.54) is 205 Å². The van der Waals surface area contributed by atoms with E-state index >= 15 is 0 Å². The van der Waals surface area contributed by atoms with Gasteiger partial charge in [0, 0.05) is 96.7 Å². The number of hydrogen-bond donors (Lipinski definition) is 0. The normalized spacial score (nSPS) is 15.1. The number of carbonyl (C=O) groups is 2. The van der Waals surface area contributed by atoms with E-state index in [4.69, 9.17) is 0 Å². The summed E-state index contributed by atoms with van der Waals surface area (Å²) in [6.45, 7) is 9.10. The highest BCUT2D eigenvalue weighted by atomic mass is 32.1. The Balaban J connectivity index is 0.968. The van der Waals surface area contributed by atoms with Gasteiger partial charge in [0.2, 0.25) is 0 Å². The average molecular weight is 1500 g/mol. The SMILES string of the molecule is CCCCCCc1ccc(C2(c3ccc(CCCCCC)cc3)c3c(sc4cc(/C=C5\C(=O)c6cscc6C5=C(C#N)C#N)sc34)-c3sc4c5c(sc4c32)-c2sc3cc(/C=C4\C(=O)c6cscc6C4=C(C#N)C#N)sc3c2C5(c2ccc(CCCCCC)cc2)c2ccc(CCCCCC)cc2)cc1. The lowest BCUT2D eigenvalue weighted by Crippen LogP contribution is -2.29. The highest BCUT2D eigenvalue weighted by molar-refractivity contribution is 7.37. The van der Waals surface area contributed by atoms with Gasteiger partial charge in [-0.3, -0.25) is 9.59 Å². The van der Waals surface area contributed by atoms with Crippen LogP contribution in [-0.4, -0.2) is 11.6 Å². The van der Waals surface area contributed by atoms with E-state index in [1.807, 2.05) is 79.0 Å². The quantitative estimate of drug-likeness (QED) is 0.0302. The van der Waals surface area contributed by atoms with Gasteiger partial charge in [0.1, 0.15) is 35.4 Å². The Labute approximate surface area is 641 Å². The summed E-state index contributed by atoms with van der Waals surface area (Å²) >= 11 is 13.9. The summed E-state index contributed by atoms with van der Waals surface area (Å²) in [5.74, 6) is -0.323. The predicted molar refractivity (Wildman–Crippen MR) is 442 cm³/mol. The van der Waals surface area contributed by atoms with Crippen LogP contribution in [0.15, 0.2) is 153 Å². The summed E-state index contributed by atoms with van der Waals surface area (Å²) in [7, 11) is 0. The van der Waals surface area contributed by atoms with Gasteiger partial charge < -0.3 is 0 Å². The largest absolute Gasteiger partial charge is 0.289 e. The molecule has 6 nitrogen and oxygen atoms in total. The number of unbranched alkanes of at least 4 members (excludes halogenated alkanes) is 12. The molecule has 4 aliphatic carbocycles.